The molecule has 0 aliphatic rings. The van der Waals surface area contributed by atoms with Crippen molar-refractivity contribution in [3.63, 3.8) is 0 Å². The molecule has 0 atom stereocenters. The molecule has 9 nitrogen and oxygen atoms in total. The first-order valence-electron chi connectivity index (χ1n) is 11.1. The fraction of sp³-hybridized carbons (Fsp3) is 0.292. The summed E-state index contributed by atoms with van der Waals surface area (Å²) in [6.07, 6.45) is 3.32. The number of aromatic amines is 1. The Kier molecular flexibility index (Phi) is 7.42. The van der Waals surface area contributed by atoms with Crippen LogP contribution in [-0.2, 0) is 11.2 Å². The molecule has 0 saturated carbocycles. The number of fused-ring (bicyclic) bond motifs is 1. The van der Waals surface area contributed by atoms with Crippen LogP contribution >= 0.6 is 0 Å². The number of carbonyl (C=O) groups excluding carboxylic acids is 1. The number of amides is 1. The summed E-state index contributed by atoms with van der Waals surface area (Å²) >= 11 is 0. The Hall–Kier alpha value is -4.01. The lowest BCUT2D eigenvalue weighted by molar-refractivity contribution is -0.121. The van der Waals surface area contributed by atoms with Crippen molar-refractivity contribution < 1.29 is 9.32 Å². The number of anilines is 1. The van der Waals surface area contributed by atoms with E-state index in [0.717, 1.165) is 23.8 Å². The molecule has 9 heteroatoms. The minimum atomic E-state index is -0.199. The van der Waals surface area contributed by atoms with Gasteiger partial charge in [-0.15, -0.1) is 0 Å². The maximum atomic E-state index is 12.1. The zero-order chi connectivity index (χ0) is 22.9. The van der Waals surface area contributed by atoms with Gasteiger partial charge < -0.3 is 15.2 Å². The Morgan fingerprint density at radius 3 is 2.55 bits per heavy atom. The van der Waals surface area contributed by atoms with Gasteiger partial charge in [0.25, 0.3) is 5.56 Å². The molecule has 2 heterocycles. The lowest BCUT2D eigenvalue weighted by Crippen LogP contribution is -2.24. The van der Waals surface area contributed by atoms with Crippen LogP contribution in [0.3, 0.4) is 0 Å². The average molecular weight is 447 g/mol. The standard InChI is InChI=1S/C24H26N6O3/c31-20(13-8-14-21-27-22(30-33-21)17-9-2-1-3-10-17)25-15-6-7-16-26-23-18-11-4-5-12-19(18)24(32)29-28-23/h1-5,9-12H,6-8,13-16H2,(H,25,31)(H,26,28)(H,29,32). The first kappa shape index (κ1) is 22.2. The molecule has 0 aliphatic heterocycles. The van der Waals surface area contributed by atoms with Crippen molar-refractivity contribution in [2.24, 2.45) is 0 Å². The zero-order valence-corrected chi connectivity index (χ0v) is 18.2. The van der Waals surface area contributed by atoms with Crippen molar-refractivity contribution in [2.45, 2.75) is 32.1 Å². The number of aryl methyl sites for hydroxylation is 1. The number of H-pyrrole nitrogens is 1. The van der Waals surface area contributed by atoms with E-state index >= 15 is 0 Å². The Morgan fingerprint density at radius 2 is 1.70 bits per heavy atom. The molecule has 2 aromatic heterocycles. The van der Waals surface area contributed by atoms with E-state index in [4.69, 9.17) is 4.52 Å². The molecule has 2 aromatic carbocycles. The number of aromatic nitrogens is 4. The van der Waals surface area contributed by atoms with Gasteiger partial charge >= 0.3 is 0 Å². The highest BCUT2D eigenvalue weighted by atomic mass is 16.5. The van der Waals surface area contributed by atoms with E-state index in [-0.39, 0.29) is 11.5 Å². The monoisotopic (exact) mass is 446 g/mol. The molecular weight excluding hydrogens is 420 g/mol. The first-order valence-corrected chi connectivity index (χ1v) is 11.1. The van der Waals surface area contributed by atoms with Crippen LogP contribution in [0.25, 0.3) is 22.2 Å². The van der Waals surface area contributed by atoms with E-state index in [2.05, 4.69) is 31.0 Å². The Bertz CT molecular complexity index is 1250. The van der Waals surface area contributed by atoms with Gasteiger partial charge in [-0.05, 0) is 25.3 Å². The number of rotatable bonds is 11. The summed E-state index contributed by atoms with van der Waals surface area (Å²) in [5.41, 5.74) is 0.707. The van der Waals surface area contributed by atoms with Crippen LogP contribution in [0.2, 0.25) is 0 Å². The van der Waals surface area contributed by atoms with Gasteiger partial charge in [-0.25, -0.2) is 5.10 Å². The smallest absolute Gasteiger partial charge is 0.272 e. The SMILES string of the molecule is O=C(CCCc1nc(-c2ccccc2)no1)NCCCCNc1n[nH]c(=O)c2ccccc12. The summed E-state index contributed by atoms with van der Waals surface area (Å²) in [7, 11) is 0. The maximum absolute atomic E-state index is 12.1. The molecule has 0 saturated heterocycles. The molecule has 0 bridgehead atoms. The van der Waals surface area contributed by atoms with Gasteiger partial charge in [0.05, 0.1) is 5.39 Å². The number of nitrogens with one attached hydrogen (secondary N) is 3. The maximum Gasteiger partial charge on any atom is 0.272 e. The van der Waals surface area contributed by atoms with Gasteiger partial charge in [0.15, 0.2) is 5.82 Å². The Morgan fingerprint density at radius 1 is 0.939 bits per heavy atom. The topological polar surface area (TPSA) is 126 Å². The molecule has 0 radical (unpaired) electrons. The minimum absolute atomic E-state index is 0.0130. The molecule has 0 unspecified atom stereocenters. The molecular formula is C24H26N6O3. The average Bonchev–Trinajstić information content (AvgIpc) is 3.32. The second kappa shape index (κ2) is 11.0. The molecule has 0 aliphatic carbocycles. The zero-order valence-electron chi connectivity index (χ0n) is 18.2. The van der Waals surface area contributed by atoms with Gasteiger partial charge in [0, 0.05) is 36.9 Å². The molecule has 4 rings (SSSR count). The molecule has 0 fully saturated rings. The van der Waals surface area contributed by atoms with Crippen molar-refractivity contribution in [1.29, 1.82) is 0 Å². The number of carbonyl (C=O) groups is 1. The number of nitrogens with zero attached hydrogens (tertiary/aromatic N) is 3. The van der Waals surface area contributed by atoms with Crippen molar-refractivity contribution >= 4 is 22.5 Å². The highest BCUT2D eigenvalue weighted by molar-refractivity contribution is 5.90. The summed E-state index contributed by atoms with van der Waals surface area (Å²) in [5.74, 6) is 1.77. The second-order valence-electron chi connectivity index (χ2n) is 7.66. The van der Waals surface area contributed by atoms with Gasteiger partial charge in [-0.1, -0.05) is 53.7 Å². The minimum Gasteiger partial charge on any atom is -0.368 e. The normalized spacial score (nSPS) is 10.9. The third-order valence-corrected chi connectivity index (χ3v) is 5.21. The molecule has 4 aromatic rings. The van der Waals surface area contributed by atoms with Crippen LogP contribution < -0.4 is 16.2 Å². The summed E-state index contributed by atoms with van der Waals surface area (Å²) in [6, 6.07) is 17.0. The molecule has 3 N–H and O–H groups in total. The van der Waals surface area contributed by atoms with E-state index in [1.807, 2.05) is 48.5 Å². The van der Waals surface area contributed by atoms with Crippen LogP contribution in [-0.4, -0.2) is 39.3 Å². The predicted molar refractivity (Wildman–Crippen MR) is 126 cm³/mol. The van der Waals surface area contributed by atoms with Crippen molar-refractivity contribution in [2.75, 3.05) is 18.4 Å². The van der Waals surface area contributed by atoms with Gasteiger partial charge in [0.2, 0.25) is 17.6 Å². The van der Waals surface area contributed by atoms with E-state index in [1.54, 1.807) is 6.07 Å². The largest absolute Gasteiger partial charge is 0.368 e. The fourth-order valence-electron chi connectivity index (χ4n) is 3.48. The van der Waals surface area contributed by atoms with E-state index in [9.17, 15) is 9.59 Å². The van der Waals surface area contributed by atoms with Crippen LogP contribution in [0.1, 0.15) is 31.6 Å². The lowest BCUT2D eigenvalue weighted by Gasteiger charge is -2.08. The molecule has 0 spiro atoms. The molecule has 170 valence electrons. The third kappa shape index (κ3) is 6.03. The Labute approximate surface area is 190 Å². The predicted octanol–water partition coefficient (Wildman–Crippen LogP) is 3.30. The fourth-order valence-corrected chi connectivity index (χ4v) is 3.48. The number of benzene rings is 2. The van der Waals surface area contributed by atoms with Gasteiger partial charge in [-0.2, -0.15) is 10.1 Å². The second-order valence-corrected chi connectivity index (χ2v) is 7.66. The van der Waals surface area contributed by atoms with E-state index < -0.39 is 0 Å². The third-order valence-electron chi connectivity index (χ3n) is 5.21. The molecule has 33 heavy (non-hydrogen) atoms. The van der Waals surface area contributed by atoms with Crippen molar-refractivity contribution in [3.05, 3.63) is 70.8 Å². The first-order chi connectivity index (χ1) is 16.2. The van der Waals surface area contributed by atoms with Crippen LogP contribution in [0.15, 0.2) is 63.9 Å². The highest BCUT2D eigenvalue weighted by Gasteiger charge is 2.09. The van der Waals surface area contributed by atoms with Crippen molar-refractivity contribution in [1.82, 2.24) is 25.7 Å². The van der Waals surface area contributed by atoms with E-state index in [1.165, 1.54) is 0 Å². The number of hydrogen-bond acceptors (Lipinski definition) is 7. The quantitative estimate of drug-likeness (QED) is 0.302. The van der Waals surface area contributed by atoms with Gasteiger partial charge in [-0.3, -0.25) is 9.59 Å². The summed E-state index contributed by atoms with van der Waals surface area (Å²) in [5, 5.41) is 18.2. The van der Waals surface area contributed by atoms with Crippen LogP contribution in [0, 0.1) is 0 Å². The Balaban J connectivity index is 1.10. The van der Waals surface area contributed by atoms with Gasteiger partial charge in [0.1, 0.15) is 0 Å². The van der Waals surface area contributed by atoms with Crippen LogP contribution in [0.5, 0.6) is 0 Å². The summed E-state index contributed by atoms with van der Waals surface area (Å²) in [4.78, 5) is 28.3. The lowest BCUT2D eigenvalue weighted by atomic mass is 10.2. The van der Waals surface area contributed by atoms with E-state index in [0.29, 0.717) is 55.3 Å². The highest BCUT2D eigenvalue weighted by Crippen LogP contribution is 2.17. The number of unbranched alkanes of at least 4 members (excludes halogenated alkanes) is 1. The molecule has 1 amide bonds. The number of hydrogen-bond donors (Lipinski definition) is 3. The summed E-state index contributed by atoms with van der Waals surface area (Å²) < 4.78 is 5.27. The van der Waals surface area contributed by atoms with Crippen LogP contribution in [0.4, 0.5) is 5.82 Å². The van der Waals surface area contributed by atoms with Crippen molar-refractivity contribution in [3.8, 4) is 11.4 Å². The summed E-state index contributed by atoms with van der Waals surface area (Å²) in [6.45, 7) is 1.30.